The summed E-state index contributed by atoms with van der Waals surface area (Å²) in [6, 6.07) is 6.54. The molecule has 1 saturated heterocycles. The van der Waals surface area contributed by atoms with Gasteiger partial charge in [0.05, 0.1) is 16.7 Å². The van der Waals surface area contributed by atoms with E-state index in [4.69, 9.17) is 22.0 Å². The number of hydrogen-bond donors (Lipinski definition) is 2. The van der Waals surface area contributed by atoms with E-state index in [0.29, 0.717) is 12.1 Å². The van der Waals surface area contributed by atoms with Crippen LogP contribution in [0.5, 0.6) is 0 Å². The molecular formula is C16H18ClN3O3. The molecule has 1 aromatic carbocycles. The number of carbonyl (C=O) groups excluding carboxylic acids is 1. The van der Waals surface area contributed by atoms with Crippen LogP contribution in [0, 0.1) is 17.2 Å². The van der Waals surface area contributed by atoms with Crippen LogP contribution in [0.2, 0.25) is 5.02 Å². The number of carbonyl (C=O) groups is 2. The molecular weight excluding hydrogens is 318 g/mol. The van der Waals surface area contributed by atoms with Gasteiger partial charge in [-0.15, -0.1) is 0 Å². The lowest BCUT2D eigenvalue weighted by molar-refractivity contribution is -0.121. The molecule has 2 rings (SSSR count). The Labute approximate surface area is 139 Å². The van der Waals surface area contributed by atoms with E-state index in [1.165, 1.54) is 12.1 Å². The van der Waals surface area contributed by atoms with Crippen molar-refractivity contribution in [2.24, 2.45) is 5.92 Å². The Morgan fingerprint density at radius 3 is 2.70 bits per heavy atom. The standard InChI is InChI=1S/C16H18ClN3O3/c17-14-3-2-12(10-13(14)16(22)23)19-15(21)11-4-8-20(9-5-11)7-1-6-18/h2-3,10-11H,1,4-5,7-9H2,(H,19,21)(H,22,23). The Hall–Kier alpha value is -2.10. The van der Waals surface area contributed by atoms with E-state index in [-0.39, 0.29) is 22.4 Å². The summed E-state index contributed by atoms with van der Waals surface area (Å²) < 4.78 is 0. The Balaban J connectivity index is 1.92. The lowest BCUT2D eigenvalue weighted by atomic mass is 9.95. The van der Waals surface area contributed by atoms with Gasteiger partial charge in [0.15, 0.2) is 0 Å². The first kappa shape index (κ1) is 17.3. The summed E-state index contributed by atoms with van der Waals surface area (Å²) in [5.74, 6) is -1.34. The third-order valence-corrected chi connectivity index (χ3v) is 4.29. The third-order valence-electron chi connectivity index (χ3n) is 3.96. The molecule has 0 saturated carbocycles. The maximum atomic E-state index is 12.3. The number of rotatable bonds is 5. The van der Waals surface area contributed by atoms with Crippen LogP contribution in [0.1, 0.15) is 29.6 Å². The van der Waals surface area contributed by atoms with Gasteiger partial charge < -0.3 is 15.3 Å². The molecule has 2 N–H and O–H groups in total. The fourth-order valence-corrected chi connectivity index (χ4v) is 2.84. The maximum Gasteiger partial charge on any atom is 0.337 e. The van der Waals surface area contributed by atoms with Crippen LogP contribution in [0.15, 0.2) is 18.2 Å². The smallest absolute Gasteiger partial charge is 0.337 e. The average molecular weight is 336 g/mol. The van der Waals surface area contributed by atoms with E-state index in [1.807, 2.05) is 0 Å². The summed E-state index contributed by atoms with van der Waals surface area (Å²) in [5, 5.41) is 20.5. The van der Waals surface area contributed by atoms with Gasteiger partial charge in [0.25, 0.3) is 0 Å². The molecule has 0 bridgehead atoms. The van der Waals surface area contributed by atoms with Crippen molar-refractivity contribution in [1.29, 1.82) is 5.26 Å². The zero-order valence-corrected chi connectivity index (χ0v) is 13.3. The van der Waals surface area contributed by atoms with Gasteiger partial charge in [0.1, 0.15) is 0 Å². The Bertz CT molecular complexity index is 634. The monoisotopic (exact) mass is 335 g/mol. The second-order valence-corrected chi connectivity index (χ2v) is 5.92. The van der Waals surface area contributed by atoms with Crippen molar-refractivity contribution in [3.8, 4) is 6.07 Å². The maximum absolute atomic E-state index is 12.3. The quantitative estimate of drug-likeness (QED) is 0.862. The molecule has 0 aromatic heterocycles. The number of halogens is 1. The highest BCUT2D eigenvalue weighted by atomic mass is 35.5. The third kappa shape index (κ3) is 4.68. The largest absolute Gasteiger partial charge is 0.478 e. The molecule has 0 aliphatic carbocycles. The molecule has 1 aliphatic rings. The van der Waals surface area contributed by atoms with Crippen molar-refractivity contribution in [3.63, 3.8) is 0 Å². The lowest BCUT2D eigenvalue weighted by Crippen LogP contribution is -2.38. The van der Waals surface area contributed by atoms with Gasteiger partial charge in [-0.1, -0.05) is 11.6 Å². The van der Waals surface area contributed by atoms with E-state index in [1.54, 1.807) is 6.07 Å². The molecule has 122 valence electrons. The number of piperidine rings is 1. The molecule has 0 spiro atoms. The zero-order chi connectivity index (χ0) is 16.8. The minimum absolute atomic E-state index is 0.0317. The number of hydrogen-bond acceptors (Lipinski definition) is 4. The Morgan fingerprint density at radius 1 is 1.39 bits per heavy atom. The Kier molecular flexibility index (Phi) is 5.97. The number of nitrogens with zero attached hydrogens (tertiary/aromatic N) is 2. The minimum Gasteiger partial charge on any atom is -0.478 e. The van der Waals surface area contributed by atoms with E-state index in [2.05, 4.69) is 16.3 Å². The summed E-state index contributed by atoms with van der Waals surface area (Å²) in [6.45, 7) is 2.32. The van der Waals surface area contributed by atoms with Crippen molar-refractivity contribution in [1.82, 2.24) is 4.90 Å². The molecule has 0 unspecified atom stereocenters. The van der Waals surface area contributed by atoms with Gasteiger partial charge in [-0.05, 0) is 44.1 Å². The number of likely N-dealkylation sites (tertiary alicyclic amines) is 1. The molecule has 0 atom stereocenters. The molecule has 7 heteroatoms. The number of nitrogens with one attached hydrogen (secondary N) is 1. The number of aromatic carboxylic acids is 1. The number of amides is 1. The minimum atomic E-state index is -1.13. The zero-order valence-electron chi connectivity index (χ0n) is 12.6. The lowest BCUT2D eigenvalue weighted by Gasteiger charge is -2.30. The van der Waals surface area contributed by atoms with Gasteiger partial charge >= 0.3 is 5.97 Å². The van der Waals surface area contributed by atoms with Crippen molar-refractivity contribution in [2.75, 3.05) is 25.0 Å². The second-order valence-electron chi connectivity index (χ2n) is 5.51. The molecule has 23 heavy (non-hydrogen) atoms. The van der Waals surface area contributed by atoms with Crippen LogP contribution >= 0.6 is 11.6 Å². The molecule has 1 heterocycles. The molecule has 6 nitrogen and oxygen atoms in total. The normalized spacial score (nSPS) is 15.8. The van der Waals surface area contributed by atoms with Crippen molar-refractivity contribution >= 4 is 29.2 Å². The summed E-state index contributed by atoms with van der Waals surface area (Å²) >= 11 is 5.81. The van der Waals surface area contributed by atoms with Gasteiger partial charge in [0.2, 0.25) is 5.91 Å². The first-order chi connectivity index (χ1) is 11.0. The highest BCUT2D eigenvalue weighted by Crippen LogP contribution is 2.23. The predicted molar refractivity (Wildman–Crippen MR) is 86.4 cm³/mol. The van der Waals surface area contributed by atoms with Gasteiger partial charge in [0, 0.05) is 24.6 Å². The average Bonchev–Trinajstić information content (AvgIpc) is 2.54. The summed E-state index contributed by atoms with van der Waals surface area (Å²) in [6.07, 6.45) is 1.97. The van der Waals surface area contributed by atoms with Gasteiger partial charge in [-0.2, -0.15) is 5.26 Å². The highest BCUT2D eigenvalue weighted by molar-refractivity contribution is 6.33. The number of anilines is 1. The fourth-order valence-electron chi connectivity index (χ4n) is 2.64. The molecule has 0 radical (unpaired) electrons. The van der Waals surface area contributed by atoms with Crippen LogP contribution < -0.4 is 5.32 Å². The first-order valence-corrected chi connectivity index (χ1v) is 7.82. The Morgan fingerprint density at radius 2 is 2.09 bits per heavy atom. The van der Waals surface area contributed by atoms with E-state index in [0.717, 1.165) is 32.5 Å². The first-order valence-electron chi connectivity index (χ1n) is 7.44. The number of carboxylic acids is 1. The molecule has 1 aromatic rings. The van der Waals surface area contributed by atoms with E-state index < -0.39 is 5.97 Å². The van der Waals surface area contributed by atoms with E-state index >= 15 is 0 Å². The van der Waals surface area contributed by atoms with Crippen LogP contribution in [-0.2, 0) is 4.79 Å². The van der Waals surface area contributed by atoms with Crippen LogP contribution in [0.4, 0.5) is 5.69 Å². The number of nitriles is 1. The fraction of sp³-hybridized carbons (Fsp3) is 0.438. The predicted octanol–water partition coefficient (Wildman–Crippen LogP) is 2.60. The topological polar surface area (TPSA) is 93.4 Å². The SMILES string of the molecule is N#CCCN1CCC(C(=O)Nc2ccc(Cl)c(C(=O)O)c2)CC1. The highest BCUT2D eigenvalue weighted by Gasteiger charge is 2.25. The van der Waals surface area contributed by atoms with Gasteiger partial charge in [-0.3, -0.25) is 4.79 Å². The van der Waals surface area contributed by atoms with Crippen LogP contribution in [0.3, 0.4) is 0 Å². The molecule has 1 amide bonds. The molecule has 1 fully saturated rings. The van der Waals surface area contributed by atoms with Gasteiger partial charge in [-0.25, -0.2) is 4.79 Å². The van der Waals surface area contributed by atoms with Crippen LogP contribution in [-0.4, -0.2) is 41.5 Å². The molecule has 1 aliphatic heterocycles. The van der Waals surface area contributed by atoms with Crippen molar-refractivity contribution in [3.05, 3.63) is 28.8 Å². The van der Waals surface area contributed by atoms with Crippen molar-refractivity contribution < 1.29 is 14.7 Å². The van der Waals surface area contributed by atoms with E-state index in [9.17, 15) is 9.59 Å². The van der Waals surface area contributed by atoms with Crippen molar-refractivity contribution in [2.45, 2.75) is 19.3 Å². The summed E-state index contributed by atoms with van der Waals surface area (Å²) in [4.78, 5) is 25.5. The number of benzene rings is 1. The summed E-state index contributed by atoms with van der Waals surface area (Å²) in [5.41, 5.74) is 0.402. The second kappa shape index (κ2) is 7.95. The summed E-state index contributed by atoms with van der Waals surface area (Å²) in [7, 11) is 0. The van der Waals surface area contributed by atoms with Crippen LogP contribution in [0.25, 0.3) is 0 Å². The number of carboxylic acid groups (broad SMARTS) is 1.